The summed E-state index contributed by atoms with van der Waals surface area (Å²) in [6.07, 6.45) is 3.42. The summed E-state index contributed by atoms with van der Waals surface area (Å²) in [6, 6.07) is 8.58. The van der Waals surface area contributed by atoms with Crippen LogP contribution in [0.1, 0.15) is 13.8 Å². The van der Waals surface area contributed by atoms with E-state index in [1.807, 2.05) is 6.07 Å². The fraction of sp³-hybridized carbons (Fsp3) is 0.318. The number of phenolic OH excluding ortho intramolecular Hbond substituents is 1. The molecule has 2 aromatic heterocycles. The third kappa shape index (κ3) is 3.13. The summed E-state index contributed by atoms with van der Waals surface area (Å²) in [5.41, 5.74) is 2.25. The summed E-state index contributed by atoms with van der Waals surface area (Å²) < 4.78 is 16.1. The summed E-state index contributed by atoms with van der Waals surface area (Å²) in [5.74, 6) is -0.966. The molecule has 2 atom stereocenters. The van der Waals surface area contributed by atoms with Crippen LogP contribution in [-0.2, 0) is 7.05 Å². The summed E-state index contributed by atoms with van der Waals surface area (Å²) in [7, 11) is 1.71. The fourth-order valence-corrected chi connectivity index (χ4v) is 4.29. The van der Waals surface area contributed by atoms with Gasteiger partial charge in [-0.1, -0.05) is 0 Å². The lowest BCUT2D eigenvalue weighted by atomic mass is 10.1. The van der Waals surface area contributed by atoms with E-state index >= 15 is 0 Å². The number of nitrogens with one attached hydrogen (secondary N) is 1. The van der Waals surface area contributed by atoms with Gasteiger partial charge in [-0.3, -0.25) is 4.68 Å². The summed E-state index contributed by atoms with van der Waals surface area (Å²) >= 11 is 0. The molecule has 0 bridgehead atoms. The second kappa shape index (κ2) is 6.91. The van der Waals surface area contributed by atoms with E-state index in [2.05, 4.69) is 51.3 Å². The number of piperazine rings is 1. The zero-order valence-electron chi connectivity index (χ0n) is 17.1. The first-order valence-corrected chi connectivity index (χ1v) is 10.0. The summed E-state index contributed by atoms with van der Waals surface area (Å²) in [6.45, 7) is 6.24. The summed E-state index contributed by atoms with van der Waals surface area (Å²) in [4.78, 5) is 11.4. The van der Waals surface area contributed by atoms with E-state index < -0.39 is 11.6 Å². The normalized spacial score (nSPS) is 19.7. The SMILES string of the molecule is C[C@@H]1CN(c2ccc3nc(-c4cc5cn(C)nc5c(F)c4O)ncc3c2)C[C@@H](C)N1. The van der Waals surface area contributed by atoms with Crippen LogP contribution in [0.25, 0.3) is 33.2 Å². The van der Waals surface area contributed by atoms with Crippen molar-refractivity contribution in [2.45, 2.75) is 25.9 Å². The van der Waals surface area contributed by atoms with E-state index in [9.17, 15) is 9.50 Å². The minimum absolute atomic E-state index is 0.128. The standard InChI is InChI=1S/C22H23FN6O/c1-12-9-29(10-13(2)25-12)16-4-5-18-14(6-16)8-24-22(26-18)17-7-15-11-28(3)27-20(15)19(23)21(17)30/h4-8,11-13,25,30H,9-10H2,1-3H3/t12-,13-/m1/s1. The van der Waals surface area contributed by atoms with E-state index in [1.54, 1.807) is 25.5 Å². The second-order valence-corrected chi connectivity index (χ2v) is 8.14. The molecule has 0 aliphatic carbocycles. The maximum absolute atomic E-state index is 14.6. The number of hydrogen-bond donors (Lipinski definition) is 2. The van der Waals surface area contributed by atoms with Gasteiger partial charge in [-0.2, -0.15) is 5.10 Å². The molecule has 4 aromatic rings. The van der Waals surface area contributed by atoms with Gasteiger partial charge in [0, 0.05) is 61.1 Å². The fourth-order valence-electron chi connectivity index (χ4n) is 4.29. The maximum atomic E-state index is 14.6. The van der Waals surface area contributed by atoms with Gasteiger partial charge in [0.15, 0.2) is 17.4 Å². The number of benzene rings is 2. The maximum Gasteiger partial charge on any atom is 0.193 e. The van der Waals surface area contributed by atoms with Crippen LogP contribution in [0.2, 0.25) is 0 Å². The minimum Gasteiger partial charge on any atom is -0.504 e. The van der Waals surface area contributed by atoms with Crippen LogP contribution >= 0.6 is 0 Å². The lowest BCUT2D eigenvalue weighted by Crippen LogP contribution is -2.54. The number of phenols is 1. The Balaban J connectivity index is 1.55. The van der Waals surface area contributed by atoms with Crippen molar-refractivity contribution in [2.24, 2.45) is 7.05 Å². The Labute approximate surface area is 173 Å². The van der Waals surface area contributed by atoms with Crippen LogP contribution in [-0.4, -0.2) is 50.0 Å². The average Bonchev–Trinajstić information content (AvgIpc) is 3.10. The van der Waals surface area contributed by atoms with E-state index in [4.69, 9.17) is 0 Å². The molecule has 3 heterocycles. The highest BCUT2D eigenvalue weighted by Crippen LogP contribution is 2.35. The lowest BCUT2D eigenvalue weighted by molar-refractivity contribution is 0.407. The molecule has 1 fully saturated rings. The highest BCUT2D eigenvalue weighted by molar-refractivity contribution is 5.89. The highest BCUT2D eigenvalue weighted by Gasteiger charge is 2.22. The number of aryl methyl sites for hydroxylation is 1. The molecule has 1 saturated heterocycles. The van der Waals surface area contributed by atoms with E-state index in [0.717, 1.165) is 29.7 Å². The zero-order valence-corrected chi connectivity index (χ0v) is 17.1. The summed E-state index contributed by atoms with van der Waals surface area (Å²) in [5, 5.41) is 19.5. The number of fused-ring (bicyclic) bond motifs is 2. The quantitative estimate of drug-likeness (QED) is 0.532. The number of anilines is 1. The van der Waals surface area contributed by atoms with Crippen LogP contribution in [0.5, 0.6) is 5.75 Å². The Hall–Kier alpha value is -3.26. The molecule has 30 heavy (non-hydrogen) atoms. The van der Waals surface area contributed by atoms with Crippen molar-refractivity contribution in [1.82, 2.24) is 25.1 Å². The van der Waals surface area contributed by atoms with Crippen LogP contribution in [0, 0.1) is 5.82 Å². The molecule has 0 saturated carbocycles. The van der Waals surface area contributed by atoms with Gasteiger partial charge in [0.05, 0.1) is 11.1 Å². The molecule has 0 amide bonds. The minimum atomic E-state index is -0.760. The zero-order chi connectivity index (χ0) is 21.0. The van der Waals surface area contributed by atoms with Gasteiger partial charge in [0.2, 0.25) is 0 Å². The number of aromatic nitrogens is 4. The average molecular weight is 406 g/mol. The number of nitrogens with zero attached hydrogens (tertiary/aromatic N) is 5. The van der Waals surface area contributed by atoms with Gasteiger partial charge in [-0.25, -0.2) is 14.4 Å². The van der Waals surface area contributed by atoms with Gasteiger partial charge >= 0.3 is 0 Å². The molecule has 1 aliphatic heterocycles. The van der Waals surface area contributed by atoms with Crippen molar-refractivity contribution in [3.05, 3.63) is 42.5 Å². The molecule has 0 radical (unpaired) electrons. The molecule has 7 nitrogen and oxygen atoms in total. The molecule has 0 spiro atoms. The molecule has 1 aliphatic rings. The molecular weight excluding hydrogens is 383 g/mol. The van der Waals surface area contributed by atoms with Gasteiger partial charge in [-0.15, -0.1) is 0 Å². The predicted octanol–water partition coefficient (Wildman–Crippen LogP) is 3.21. The van der Waals surface area contributed by atoms with Crippen molar-refractivity contribution in [3.8, 4) is 17.1 Å². The van der Waals surface area contributed by atoms with Crippen molar-refractivity contribution >= 4 is 27.5 Å². The Morgan fingerprint density at radius 2 is 1.90 bits per heavy atom. The molecule has 2 aromatic carbocycles. The molecular formula is C22H23FN6O. The number of hydrogen-bond acceptors (Lipinski definition) is 6. The largest absolute Gasteiger partial charge is 0.504 e. The highest BCUT2D eigenvalue weighted by atomic mass is 19.1. The van der Waals surface area contributed by atoms with Crippen LogP contribution < -0.4 is 10.2 Å². The Morgan fingerprint density at radius 3 is 2.67 bits per heavy atom. The first-order chi connectivity index (χ1) is 14.4. The van der Waals surface area contributed by atoms with Crippen LogP contribution in [0.15, 0.2) is 36.7 Å². The second-order valence-electron chi connectivity index (χ2n) is 8.14. The van der Waals surface area contributed by atoms with E-state index in [0.29, 0.717) is 17.5 Å². The molecule has 0 unspecified atom stereocenters. The van der Waals surface area contributed by atoms with Crippen LogP contribution in [0.4, 0.5) is 10.1 Å². The van der Waals surface area contributed by atoms with Crippen molar-refractivity contribution < 1.29 is 9.50 Å². The van der Waals surface area contributed by atoms with Crippen molar-refractivity contribution in [3.63, 3.8) is 0 Å². The molecule has 5 rings (SSSR count). The third-order valence-electron chi connectivity index (χ3n) is 5.55. The lowest BCUT2D eigenvalue weighted by Gasteiger charge is -2.37. The molecule has 154 valence electrons. The first-order valence-electron chi connectivity index (χ1n) is 10.0. The van der Waals surface area contributed by atoms with Gasteiger partial charge in [0.1, 0.15) is 5.52 Å². The Morgan fingerprint density at radius 1 is 1.13 bits per heavy atom. The van der Waals surface area contributed by atoms with E-state index in [-0.39, 0.29) is 16.9 Å². The predicted molar refractivity (Wildman–Crippen MR) is 115 cm³/mol. The van der Waals surface area contributed by atoms with Gasteiger partial charge in [-0.05, 0) is 38.1 Å². The Bertz CT molecular complexity index is 1260. The number of halogens is 1. The smallest absolute Gasteiger partial charge is 0.193 e. The van der Waals surface area contributed by atoms with Crippen LogP contribution in [0.3, 0.4) is 0 Å². The monoisotopic (exact) mass is 406 g/mol. The van der Waals surface area contributed by atoms with Gasteiger partial charge < -0.3 is 15.3 Å². The topological polar surface area (TPSA) is 79.1 Å². The number of rotatable bonds is 2. The van der Waals surface area contributed by atoms with Crippen molar-refractivity contribution in [1.29, 1.82) is 0 Å². The number of aromatic hydroxyl groups is 1. The Kier molecular flexibility index (Phi) is 4.32. The van der Waals surface area contributed by atoms with E-state index in [1.165, 1.54) is 4.68 Å². The molecule has 8 heteroatoms. The molecule has 2 N–H and O–H groups in total. The van der Waals surface area contributed by atoms with Crippen molar-refractivity contribution in [2.75, 3.05) is 18.0 Å². The third-order valence-corrected chi connectivity index (χ3v) is 5.55. The van der Waals surface area contributed by atoms with Gasteiger partial charge in [0.25, 0.3) is 0 Å². The first kappa shape index (κ1) is 18.7.